The Morgan fingerprint density at radius 3 is 2.83 bits per heavy atom. The van der Waals surface area contributed by atoms with Gasteiger partial charge in [-0.2, -0.15) is 4.21 Å². The van der Waals surface area contributed by atoms with Crippen molar-refractivity contribution < 1.29 is 18.8 Å². The van der Waals surface area contributed by atoms with Crippen molar-refractivity contribution in [3.8, 4) is 11.4 Å². The number of fused-ring (bicyclic) bond motifs is 3. The molecule has 1 heterocycles. The lowest BCUT2D eigenvalue weighted by atomic mass is 9.68. The molecule has 8 heteroatoms. The van der Waals surface area contributed by atoms with Gasteiger partial charge in [0.15, 0.2) is 0 Å². The third-order valence-corrected chi connectivity index (χ3v) is 10.9. The van der Waals surface area contributed by atoms with Crippen LogP contribution in [0.5, 0.6) is 5.75 Å². The number of aliphatic hydroxyl groups excluding tert-OH is 1. The summed E-state index contributed by atoms with van der Waals surface area (Å²) in [5.41, 5.74) is 8.96. The minimum Gasteiger partial charge on any atom is -0.490 e. The van der Waals surface area contributed by atoms with Crippen LogP contribution in [0.3, 0.4) is 0 Å². The standard InChI is InChI=1S/C33H41ClN2O4S/c1-21-15-22(21)5-3-7-30(37)27-11-8-25(27)18-36-19-33(14-4-6-23-16-26(34)10-12-28(23)33)20-40-31-13-9-24(17-29(31)36)32(38)35-41(2)39/h2,9-10,12-13,16-17,21-22,25,27,30,37H,3-8,11,14-15,18-20H2,1H3,(H,35,38,39)/t21-,22-,25-,27+,30-,33-/m0/s1. The lowest BCUT2D eigenvalue weighted by molar-refractivity contribution is 0.00886. The predicted molar refractivity (Wildman–Crippen MR) is 164 cm³/mol. The van der Waals surface area contributed by atoms with Crippen molar-refractivity contribution in [2.24, 2.45) is 23.7 Å². The zero-order valence-corrected chi connectivity index (χ0v) is 25.4. The van der Waals surface area contributed by atoms with Crippen LogP contribution in [0, 0.1) is 29.4 Å². The first kappa shape index (κ1) is 28.7. The summed E-state index contributed by atoms with van der Waals surface area (Å²) in [7, 11) is -1.94. The number of ether oxygens (including phenoxy) is 1. The molecule has 0 saturated heterocycles. The average Bonchev–Trinajstić information content (AvgIpc) is 3.65. The molecule has 0 radical (unpaired) electrons. The molecule has 3 aliphatic carbocycles. The van der Waals surface area contributed by atoms with Crippen molar-refractivity contribution in [1.29, 1.82) is 0 Å². The summed E-state index contributed by atoms with van der Waals surface area (Å²) in [4.78, 5) is 15.1. The summed E-state index contributed by atoms with van der Waals surface area (Å²) >= 11 is 6.39. The maximum absolute atomic E-state index is 12.7. The van der Waals surface area contributed by atoms with Gasteiger partial charge in [0.05, 0.1) is 18.4 Å². The molecule has 1 spiro atoms. The van der Waals surface area contributed by atoms with E-state index in [-0.39, 0.29) is 11.5 Å². The van der Waals surface area contributed by atoms with Gasteiger partial charge in [0.1, 0.15) is 16.1 Å². The Morgan fingerprint density at radius 1 is 1.27 bits per heavy atom. The highest BCUT2D eigenvalue weighted by molar-refractivity contribution is 7.72. The number of amides is 1. The molecule has 2 aromatic rings. The van der Waals surface area contributed by atoms with Gasteiger partial charge in [0.25, 0.3) is 5.91 Å². The minimum absolute atomic E-state index is 0.211. The number of rotatable bonds is 8. The molecule has 4 aliphatic rings. The average molecular weight is 597 g/mol. The number of halogens is 1. The molecule has 41 heavy (non-hydrogen) atoms. The first-order chi connectivity index (χ1) is 19.7. The van der Waals surface area contributed by atoms with Gasteiger partial charge in [-0.05, 0) is 110 Å². The van der Waals surface area contributed by atoms with Crippen molar-refractivity contribution in [2.45, 2.75) is 76.2 Å². The lowest BCUT2D eigenvalue weighted by Crippen LogP contribution is -2.49. The molecular weight excluding hydrogens is 556 g/mol. The molecule has 1 aliphatic heterocycles. The van der Waals surface area contributed by atoms with Crippen molar-refractivity contribution in [2.75, 3.05) is 24.6 Å². The number of hydrogen-bond donors (Lipinski definition) is 2. The van der Waals surface area contributed by atoms with Gasteiger partial charge in [-0.25, -0.2) is 4.72 Å². The number of anilines is 1. The molecule has 0 bridgehead atoms. The Hall–Kier alpha value is -2.44. The van der Waals surface area contributed by atoms with Crippen molar-refractivity contribution in [3.05, 3.63) is 58.1 Å². The van der Waals surface area contributed by atoms with E-state index in [1.807, 2.05) is 18.2 Å². The second-order valence-corrected chi connectivity index (χ2v) is 14.2. The summed E-state index contributed by atoms with van der Waals surface area (Å²) in [6.07, 6.45) is 9.48. The number of aryl methyl sites for hydroxylation is 1. The Kier molecular flexibility index (Phi) is 8.17. The second kappa shape index (κ2) is 11.7. The third-order valence-electron chi connectivity index (χ3n) is 10.3. The van der Waals surface area contributed by atoms with Crippen LogP contribution in [0.2, 0.25) is 5.02 Å². The molecule has 0 aromatic heterocycles. The van der Waals surface area contributed by atoms with Gasteiger partial charge in [-0.15, -0.1) is 0 Å². The van der Waals surface area contributed by atoms with Crippen LogP contribution in [0.25, 0.3) is 0 Å². The van der Waals surface area contributed by atoms with Crippen LogP contribution < -0.4 is 14.4 Å². The molecular formula is C33H41ClN2O4S. The highest BCUT2D eigenvalue weighted by Crippen LogP contribution is 2.47. The van der Waals surface area contributed by atoms with Crippen LogP contribution in [-0.2, 0) is 22.2 Å². The fourth-order valence-electron chi connectivity index (χ4n) is 7.62. The lowest BCUT2D eigenvalue weighted by Gasteiger charge is -2.45. The SMILES string of the molecule is C#S(=O)NC(=O)c1ccc2c(c1)N(C[C@@H]1CC[C@H]1[C@@H](O)CCC[C@H]1C[C@@H]1C)C[C@@]1(CCCc3cc(Cl)ccc31)CO2. The van der Waals surface area contributed by atoms with E-state index >= 15 is 0 Å². The van der Waals surface area contributed by atoms with Crippen molar-refractivity contribution >= 4 is 33.6 Å². The Labute approximate surface area is 250 Å². The van der Waals surface area contributed by atoms with Crippen molar-refractivity contribution in [3.63, 3.8) is 0 Å². The number of carbonyl (C=O) groups is 1. The molecule has 6 atom stereocenters. The fourth-order valence-corrected chi connectivity index (χ4v) is 8.12. The van der Waals surface area contributed by atoms with Crippen LogP contribution in [0.15, 0.2) is 36.4 Å². The molecule has 2 aromatic carbocycles. The van der Waals surface area contributed by atoms with Gasteiger partial charge in [0, 0.05) is 29.1 Å². The molecule has 6 nitrogen and oxygen atoms in total. The number of nitrogens with zero attached hydrogens (tertiary/aromatic N) is 1. The largest absolute Gasteiger partial charge is 0.490 e. The first-order valence-corrected chi connectivity index (χ1v) is 16.8. The predicted octanol–water partition coefficient (Wildman–Crippen LogP) is 6.01. The first-order valence-electron chi connectivity index (χ1n) is 15.2. The highest BCUT2D eigenvalue weighted by Gasteiger charge is 2.44. The van der Waals surface area contributed by atoms with Crippen molar-refractivity contribution in [1.82, 2.24) is 4.72 Å². The summed E-state index contributed by atoms with van der Waals surface area (Å²) in [5.74, 6) is 2.64. The molecule has 2 saturated carbocycles. The number of aliphatic hydroxyl groups is 1. The number of nitrogens with one attached hydrogen (secondary N) is 1. The summed E-state index contributed by atoms with van der Waals surface area (Å²) in [6.45, 7) is 4.40. The molecule has 2 N–H and O–H groups in total. The fraction of sp³-hybridized carbons (Fsp3) is 0.576. The van der Waals surface area contributed by atoms with E-state index in [2.05, 4.69) is 28.7 Å². The monoisotopic (exact) mass is 596 g/mol. The van der Waals surface area contributed by atoms with E-state index in [0.717, 1.165) is 86.3 Å². The van der Waals surface area contributed by atoms with Crippen LogP contribution in [-0.4, -0.2) is 41.0 Å². The van der Waals surface area contributed by atoms with E-state index in [1.54, 1.807) is 6.07 Å². The normalized spacial score (nSPS) is 28.9. The Bertz CT molecular complexity index is 1440. The van der Waals surface area contributed by atoms with Crippen LogP contribution >= 0.6 is 11.6 Å². The third kappa shape index (κ3) is 6.06. The highest BCUT2D eigenvalue weighted by atomic mass is 35.5. The zero-order chi connectivity index (χ0) is 28.7. The molecule has 6 rings (SSSR count). The molecule has 2 fully saturated rings. The maximum atomic E-state index is 12.7. The summed E-state index contributed by atoms with van der Waals surface area (Å²) in [6, 6.07) is 11.6. The topological polar surface area (TPSA) is 78.9 Å². The number of benzene rings is 2. The quantitative estimate of drug-likeness (QED) is 0.390. The number of carbonyl (C=O) groups excluding carboxylic acids is 1. The Morgan fingerprint density at radius 2 is 2.10 bits per heavy atom. The molecule has 1 amide bonds. The van der Waals surface area contributed by atoms with Gasteiger partial charge in [-0.1, -0.05) is 43.1 Å². The Balaban J connectivity index is 1.27. The van der Waals surface area contributed by atoms with Gasteiger partial charge >= 0.3 is 0 Å². The van der Waals surface area contributed by atoms with E-state index in [0.29, 0.717) is 24.0 Å². The van der Waals surface area contributed by atoms with Gasteiger partial charge < -0.3 is 14.7 Å². The van der Waals surface area contributed by atoms with E-state index in [4.69, 9.17) is 22.0 Å². The van der Waals surface area contributed by atoms with Crippen LogP contribution in [0.1, 0.15) is 79.8 Å². The summed E-state index contributed by atoms with van der Waals surface area (Å²) in [5, 5.41) is 11.9. The molecule has 220 valence electrons. The van der Waals surface area contributed by atoms with E-state index < -0.39 is 16.3 Å². The van der Waals surface area contributed by atoms with Gasteiger partial charge in [-0.3, -0.25) is 4.79 Å². The van der Waals surface area contributed by atoms with E-state index in [9.17, 15) is 14.1 Å². The minimum atomic E-state index is -1.94. The van der Waals surface area contributed by atoms with Crippen LogP contribution in [0.4, 0.5) is 5.69 Å². The smallest absolute Gasteiger partial charge is 0.266 e. The number of hydrogen-bond acceptors (Lipinski definition) is 5. The second-order valence-electron chi connectivity index (χ2n) is 13.0. The zero-order valence-electron chi connectivity index (χ0n) is 23.8. The summed E-state index contributed by atoms with van der Waals surface area (Å²) < 4.78 is 20.3. The maximum Gasteiger partial charge on any atom is 0.266 e. The van der Waals surface area contributed by atoms with Gasteiger partial charge in [0.2, 0.25) is 0 Å². The van der Waals surface area contributed by atoms with E-state index in [1.165, 1.54) is 24.0 Å². The molecule has 0 unspecified atom stereocenters.